The molecular weight excluding hydrogens is 440 g/mol. The van der Waals surface area contributed by atoms with Crippen LogP contribution in [0.5, 0.6) is 0 Å². The quantitative estimate of drug-likeness (QED) is 0.589. The van der Waals surface area contributed by atoms with Crippen molar-refractivity contribution in [2.24, 2.45) is 5.92 Å². The zero-order chi connectivity index (χ0) is 20.8. The molecule has 8 heteroatoms. The lowest BCUT2D eigenvalue weighted by Gasteiger charge is -2.27. The van der Waals surface area contributed by atoms with Gasteiger partial charge in [0, 0.05) is 15.8 Å². The Balaban J connectivity index is 1.57. The van der Waals surface area contributed by atoms with Crippen molar-refractivity contribution in [3.8, 4) is 0 Å². The fourth-order valence-corrected chi connectivity index (χ4v) is 6.50. The summed E-state index contributed by atoms with van der Waals surface area (Å²) in [6.07, 6.45) is 3.88. The maximum atomic E-state index is 13.4. The van der Waals surface area contributed by atoms with Crippen molar-refractivity contribution in [1.29, 1.82) is 0 Å². The van der Waals surface area contributed by atoms with E-state index in [2.05, 4.69) is 4.98 Å². The van der Waals surface area contributed by atoms with Gasteiger partial charge in [0.1, 0.15) is 5.25 Å². The highest BCUT2D eigenvalue weighted by Gasteiger charge is 2.55. The summed E-state index contributed by atoms with van der Waals surface area (Å²) in [6, 6.07) is 16.4. The summed E-state index contributed by atoms with van der Waals surface area (Å²) >= 11 is 8.33. The largest absolute Gasteiger partial charge is 0.307 e. The number of halogens is 1. The molecule has 5 rings (SSSR count). The molecule has 2 aliphatic rings. The molecule has 1 fully saturated rings. The van der Waals surface area contributed by atoms with Gasteiger partial charge in [-0.15, -0.1) is 0 Å². The molecule has 1 saturated heterocycles. The van der Waals surface area contributed by atoms with E-state index in [0.717, 1.165) is 21.8 Å². The van der Waals surface area contributed by atoms with Crippen LogP contribution in [0.1, 0.15) is 16.4 Å². The highest BCUT2D eigenvalue weighted by Crippen LogP contribution is 2.51. The summed E-state index contributed by atoms with van der Waals surface area (Å²) in [5.74, 6) is -1.46. The summed E-state index contributed by atoms with van der Waals surface area (Å²) < 4.78 is 0. The number of carbonyl (C=O) groups is 2. The SMILES string of the molecule is O=C1C2Sc3[nH]c(=O)sc3C(/C=C/c3ccccc3)C2C(=O)N1c1ccc(Cl)cc1. The summed E-state index contributed by atoms with van der Waals surface area (Å²) in [6.45, 7) is 0. The first-order valence-corrected chi connectivity index (χ1v) is 11.4. The van der Waals surface area contributed by atoms with Gasteiger partial charge in [0.25, 0.3) is 0 Å². The number of thiazole rings is 1. The predicted molar refractivity (Wildman–Crippen MR) is 120 cm³/mol. The maximum absolute atomic E-state index is 13.4. The molecule has 1 aromatic heterocycles. The second kappa shape index (κ2) is 7.58. The van der Waals surface area contributed by atoms with Gasteiger partial charge in [-0.1, -0.05) is 77.2 Å². The number of carbonyl (C=O) groups excluding carboxylic acids is 2. The number of thioether (sulfide) groups is 1. The average Bonchev–Trinajstić information content (AvgIpc) is 3.24. The lowest BCUT2D eigenvalue weighted by Crippen LogP contribution is -2.31. The summed E-state index contributed by atoms with van der Waals surface area (Å²) in [7, 11) is 0. The molecule has 0 spiro atoms. The molecule has 2 aliphatic heterocycles. The van der Waals surface area contributed by atoms with Crippen molar-refractivity contribution in [3.05, 3.63) is 85.8 Å². The number of aromatic nitrogens is 1. The molecule has 5 nitrogen and oxygen atoms in total. The number of anilines is 1. The first kappa shape index (κ1) is 19.4. The van der Waals surface area contributed by atoms with Crippen LogP contribution in [0.2, 0.25) is 5.02 Å². The Morgan fingerprint density at radius 1 is 0.967 bits per heavy atom. The third-order valence-electron chi connectivity index (χ3n) is 5.25. The average molecular weight is 455 g/mol. The van der Waals surface area contributed by atoms with E-state index in [1.54, 1.807) is 24.3 Å². The number of H-pyrrole nitrogens is 1. The van der Waals surface area contributed by atoms with Crippen LogP contribution in [0.3, 0.4) is 0 Å². The zero-order valence-electron chi connectivity index (χ0n) is 15.4. The van der Waals surface area contributed by atoms with Crippen molar-refractivity contribution >= 4 is 58.3 Å². The second-order valence-electron chi connectivity index (χ2n) is 7.06. The van der Waals surface area contributed by atoms with Gasteiger partial charge in [-0.2, -0.15) is 0 Å². The number of nitrogens with zero attached hydrogens (tertiary/aromatic N) is 1. The Hall–Kier alpha value is -2.61. The number of rotatable bonds is 3. The van der Waals surface area contributed by atoms with Gasteiger partial charge in [-0.25, -0.2) is 4.90 Å². The number of nitrogens with one attached hydrogen (secondary N) is 1. The van der Waals surface area contributed by atoms with Crippen molar-refractivity contribution < 1.29 is 9.59 Å². The Bertz CT molecular complexity index is 1220. The van der Waals surface area contributed by atoms with E-state index in [1.807, 2.05) is 42.5 Å². The molecule has 0 aliphatic carbocycles. The van der Waals surface area contributed by atoms with Crippen LogP contribution in [-0.4, -0.2) is 22.0 Å². The van der Waals surface area contributed by atoms with Crippen LogP contribution in [0.4, 0.5) is 5.69 Å². The molecule has 1 N–H and O–H groups in total. The highest BCUT2D eigenvalue weighted by molar-refractivity contribution is 8.00. The number of fused-ring (bicyclic) bond motifs is 2. The molecule has 3 unspecified atom stereocenters. The van der Waals surface area contributed by atoms with E-state index in [1.165, 1.54) is 16.7 Å². The fourth-order valence-electron chi connectivity index (χ4n) is 3.89. The smallest absolute Gasteiger partial charge is 0.305 e. The molecule has 0 radical (unpaired) electrons. The summed E-state index contributed by atoms with van der Waals surface area (Å²) in [5.41, 5.74) is 1.50. The van der Waals surface area contributed by atoms with Crippen molar-refractivity contribution in [2.45, 2.75) is 16.2 Å². The number of benzene rings is 2. The zero-order valence-corrected chi connectivity index (χ0v) is 17.8. The van der Waals surface area contributed by atoms with Crippen molar-refractivity contribution in [3.63, 3.8) is 0 Å². The van der Waals surface area contributed by atoms with Crippen LogP contribution >= 0.6 is 34.7 Å². The molecule has 3 heterocycles. The molecule has 2 amide bonds. The monoisotopic (exact) mass is 454 g/mol. The number of amides is 2. The molecule has 150 valence electrons. The van der Waals surface area contributed by atoms with Crippen LogP contribution in [-0.2, 0) is 9.59 Å². The van der Waals surface area contributed by atoms with Crippen LogP contribution in [0, 0.1) is 5.92 Å². The topological polar surface area (TPSA) is 70.2 Å². The van der Waals surface area contributed by atoms with Gasteiger partial charge >= 0.3 is 4.87 Å². The Morgan fingerprint density at radius 2 is 1.70 bits per heavy atom. The molecule has 3 aromatic rings. The highest BCUT2D eigenvalue weighted by atomic mass is 35.5. The van der Waals surface area contributed by atoms with Crippen molar-refractivity contribution in [1.82, 2.24) is 4.98 Å². The van der Waals surface area contributed by atoms with Crippen molar-refractivity contribution in [2.75, 3.05) is 4.90 Å². The Kier molecular flexibility index (Phi) is 4.89. The van der Waals surface area contributed by atoms with Gasteiger partial charge < -0.3 is 4.98 Å². The van der Waals surface area contributed by atoms with Gasteiger partial charge in [-0.05, 0) is 29.8 Å². The molecule has 0 bridgehead atoms. The lowest BCUT2D eigenvalue weighted by atomic mass is 9.88. The van der Waals surface area contributed by atoms with E-state index in [0.29, 0.717) is 15.7 Å². The number of allylic oxidation sites excluding steroid dienone is 1. The van der Waals surface area contributed by atoms with Crippen LogP contribution < -0.4 is 9.77 Å². The molecular formula is C22H15ClN2O3S2. The van der Waals surface area contributed by atoms with E-state index >= 15 is 0 Å². The molecule has 2 aromatic carbocycles. The van der Waals surface area contributed by atoms with Gasteiger partial charge in [0.05, 0.1) is 16.6 Å². The first-order chi connectivity index (χ1) is 14.5. The molecule has 30 heavy (non-hydrogen) atoms. The minimum Gasteiger partial charge on any atom is -0.307 e. The predicted octanol–water partition coefficient (Wildman–Crippen LogP) is 4.55. The summed E-state index contributed by atoms with van der Waals surface area (Å²) in [5, 5.41) is 0.623. The fraction of sp³-hybridized carbons (Fsp3) is 0.136. The van der Waals surface area contributed by atoms with E-state index in [4.69, 9.17) is 11.6 Å². The van der Waals surface area contributed by atoms with Crippen LogP contribution in [0.25, 0.3) is 6.08 Å². The number of aromatic amines is 1. The number of imide groups is 1. The number of hydrogen-bond acceptors (Lipinski definition) is 5. The lowest BCUT2D eigenvalue weighted by molar-refractivity contribution is -0.122. The third-order valence-corrected chi connectivity index (χ3v) is 7.92. The van der Waals surface area contributed by atoms with E-state index in [-0.39, 0.29) is 22.6 Å². The van der Waals surface area contributed by atoms with Crippen LogP contribution in [0.15, 0.2) is 70.5 Å². The third kappa shape index (κ3) is 3.23. The first-order valence-electron chi connectivity index (χ1n) is 9.29. The number of hydrogen-bond donors (Lipinski definition) is 1. The normalized spacial score (nSPS) is 23.1. The standard InChI is InChI=1S/C22H15ClN2O3S2/c23-13-7-9-14(10-8-13)25-20(26)16-15(11-6-12-4-2-1-3-5-12)17-19(24-22(28)30-17)29-18(16)21(25)27/h1-11,15-16,18H,(H,24,28)/b11-6+. The second-order valence-corrected chi connectivity index (χ2v) is 9.66. The maximum Gasteiger partial charge on any atom is 0.305 e. The Morgan fingerprint density at radius 3 is 2.43 bits per heavy atom. The van der Waals surface area contributed by atoms with Gasteiger partial charge in [0.2, 0.25) is 11.8 Å². The van der Waals surface area contributed by atoms with Gasteiger partial charge in [-0.3, -0.25) is 14.4 Å². The van der Waals surface area contributed by atoms with E-state index in [9.17, 15) is 14.4 Å². The minimum atomic E-state index is -0.587. The molecule has 0 saturated carbocycles. The van der Waals surface area contributed by atoms with Gasteiger partial charge in [0.15, 0.2) is 0 Å². The Labute approximate surface area is 185 Å². The minimum absolute atomic E-state index is 0.181. The summed E-state index contributed by atoms with van der Waals surface area (Å²) in [4.78, 5) is 43.3. The molecule has 3 atom stereocenters. The van der Waals surface area contributed by atoms with E-state index < -0.39 is 11.2 Å².